The van der Waals surface area contributed by atoms with Gasteiger partial charge in [0.05, 0.1) is 30.5 Å². The van der Waals surface area contributed by atoms with E-state index in [1.807, 2.05) is 30.0 Å². The van der Waals surface area contributed by atoms with Crippen molar-refractivity contribution in [2.75, 3.05) is 32.8 Å². The normalized spacial score (nSPS) is 20.6. The Morgan fingerprint density at radius 2 is 2.07 bits per heavy atom. The van der Waals surface area contributed by atoms with Gasteiger partial charge in [0.25, 0.3) is 5.91 Å². The van der Waals surface area contributed by atoms with Crippen LogP contribution in [0.2, 0.25) is 5.02 Å². The number of morpholine rings is 1. The van der Waals surface area contributed by atoms with Gasteiger partial charge in [-0.05, 0) is 44.0 Å². The average molecular weight is 415 g/mol. The van der Waals surface area contributed by atoms with Gasteiger partial charge in [-0.15, -0.1) is 0 Å². The minimum Gasteiger partial charge on any atom is -0.378 e. The van der Waals surface area contributed by atoms with Crippen molar-refractivity contribution in [2.45, 2.75) is 38.8 Å². The second-order valence-electron chi connectivity index (χ2n) is 7.73. The molecule has 1 atom stereocenters. The van der Waals surface area contributed by atoms with E-state index in [0.29, 0.717) is 37.7 Å². The highest BCUT2D eigenvalue weighted by molar-refractivity contribution is 6.30. The summed E-state index contributed by atoms with van der Waals surface area (Å²) in [6, 6.07) is 8.09. The number of amides is 1. The van der Waals surface area contributed by atoms with Crippen LogP contribution < -0.4 is 0 Å². The summed E-state index contributed by atoms with van der Waals surface area (Å²) in [5, 5.41) is 0.747. The summed E-state index contributed by atoms with van der Waals surface area (Å²) in [6.45, 7) is 6.05. The number of likely N-dealkylation sites (tertiary alicyclic amines) is 1. The summed E-state index contributed by atoms with van der Waals surface area (Å²) in [7, 11) is 0. The molecule has 0 radical (unpaired) electrons. The van der Waals surface area contributed by atoms with Crippen LogP contribution in [-0.4, -0.2) is 58.5 Å². The maximum absolute atomic E-state index is 13.2. The molecule has 2 aromatic rings. The third-order valence-electron chi connectivity index (χ3n) is 5.67. The Hall–Kier alpha value is -2.02. The molecule has 1 amide bonds. The minimum atomic E-state index is 0.0107. The van der Waals surface area contributed by atoms with Crippen LogP contribution in [0.5, 0.6) is 0 Å². The Morgan fingerprint density at radius 1 is 1.24 bits per heavy atom. The summed E-state index contributed by atoms with van der Waals surface area (Å²) in [4.78, 5) is 26.6. The first-order valence-electron chi connectivity index (χ1n) is 10.3. The number of nitrogens with zero attached hydrogens (tertiary/aromatic N) is 4. The fourth-order valence-corrected chi connectivity index (χ4v) is 4.42. The highest BCUT2D eigenvalue weighted by Crippen LogP contribution is 2.33. The van der Waals surface area contributed by atoms with Crippen LogP contribution in [0.15, 0.2) is 30.5 Å². The summed E-state index contributed by atoms with van der Waals surface area (Å²) >= 11 is 6.19. The van der Waals surface area contributed by atoms with Crippen LogP contribution in [0, 0.1) is 6.92 Å². The quantitative estimate of drug-likeness (QED) is 0.764. The summed E-state index contributed by atoms with van der Waals surface area (Å²) < 4.78 is 5.40. The Morgan fingerprint density at radius 3 is 2.86 bits per heavy atom. The predicted molar refractivity (Wildman–Crippen MR) is 112 cm³/mol. The number of hydrogen-bond acceptors (Lipinski definition) is 5. The Labute approximate surface area is 176 Å². The number of rotatable bonds is 4. The molecule has 29 heavy (non-hydrogen) atoms. The fraction of sp³-hybridized carbons (Fsp3) is 0.500. The molecule has 0 N–H and O–H groups in total. The zero-order chi connectivity index (χ0) is 20.2. The van der Waals surface area contributed by atoms with Crippen LogP contribution in [0.3, 0.4) is 0 Å². The molecule has 2 saturated heterocycles. The van der Waals surface area contributed by atoms with E-state index in [2.05, 4.69) is 16.0 Å². The van der Waals surface area contributed by atoms with E-state index >= 15 is 0 Å². The van der Waals surface area contributed by atoms with Crippen LogP contribution in [0.4, 0.5) is 0 Å². The lowest BCUT2D eigenvalue weighted by Gasteiger charge is -2.36. The van der Waals surface area contributed by atoms with E-state index in [1.54, 1.807) is 6.20 Å². The maximum atomic E-state index is 13.2. The molecular formula is C22H27ClN4O2. The first-order valence-corrected chi connectivity index (χ1v) is 10.7. The molecule has 0 saturated carbocycles. The van der Waals surface area contributed by atoms with Crippen molar-refractivity contribution in [1.29, 1.82) is 0 Å². The lowest BCUT2D eigenvalue weighted by molar-refractivity contribution is 0.0298. The first kappa shape index (κ1) is 20.3. The smallest absolute Gasteiger partial charge is 0.257 e. The van der Waals surface area contributed by atoms with Gasteiger partial charge in [0.2, 0.25) is 0 Å². The van der Waals surface area contributed by atoms with Gasteiger partial charge in [0.15, 0.2) is 0 Å². The maximum Gasteiger partial charge on any atom is 0.257 e. The zero-order valence-corrected chi connectivity index (χ0v) is 17.6. The minimum absolute atomic E-state index is 0.0107. The molecular weight excluding hydrogens is 388 g/mol. The van der Waals surface area contributed by atoms with Gasteiger partial charge >= 0.3 is 0 Å². The topological polar surface area (TPSA) is 58.6 Å². The molecule has 0 bridgehead atoms. The van der Waals surface area contributed by atoms with Crippen molar-refractivity contribution in [3.8, 4) is 0 Å². The molecule has 4 rings (SSSR count). The average Bonchev–Trinajstić information content (AvgIpc) is 2.74. The number of hydrogen-bond donors (Lipinski definition) is 0. The number of aromatic nitrogens is 2. The molecule has 6 nitrogen and oxygen atoms in total. The van der Waals surface area contributed by atoms with Crippen LogP contribution >= 0.6 is 11.6 Å². The third kappa shape index (κ3) is 4.77. The van der Waals surface area contributed by atoms with Gasteiger partial charge in [-0.2, -0.15) is 0 Å². The van der Waals surface area contributed by atoms with E-state index in [0.717, 1.165) is 43.1 Å². The number of halogens is 1. The number of carbonyl (C=O) groups excluding carboxylic acids is 1. The van der Waals surface area contributed by atoms with Crippen molar-refractivity contribution >= 4 is 17.5 Å². The Balaban J connectivity index is 1.63. The van der Waals surface area contributed by atoms with Gasteiger partial charge in [0.1, 0.15) is 5.82 Å². The molecule has 1 unspecified atom stereocenters. The summed E-state index contributed by atoms with van der Waals surface area (Å²) in [5.74, 6) is 0.711. The second kappa shape index (κ2) is 9.20. The van der Waals surface area contributed by atoms with Gasteiger partial charge in [0, 0.05) is 30.9 Å². The van der Waals surface area contributed by atoms with Crippen LogP contribution in [0.25, 0.3) is 0 Å². The van der Waals surface area contributed by atoms with Gasteiger partial charge in [-0.1, -0.05) is 30.2 Å². The highest BCUT2D eigenvalue weighted by Gasteiger charge is 2.31. The SMILES string of the molecule is Cc1ncc(C(=O)N2CCOCC2)c(C2CCCCN2Cc2cccc(Cl)c2)n1. The molecule has 7 heteroatoms. The largest absolute Gasteiger partial charge is 0.378 e. The zero-order valence-electron chi connectivity index (χ0n) is 16.8. The number of piperidine rings is 1. The number of benzene rings is 1. The van der Waals surface area contributed by atoms with Crippen molar-refractivity contribution in [3.05, 3.63) is 58.1 Å². The van der Waals surface area contributed by atoms with E-state index in [-0.39, 0.29) is 11.9 Å². The highest BCUT2D eigenvalue weighted by atomic mass is 35.5. The first-order chi connectivity index (χ1) is 14.1. The molecule has 0 aliphatic carbocycles. The molecule has 1 aromatic heterocycles. The monoisotopic (exact) mass is 414 g/mol. The molecule has 1 aromatic carbocycles. The van der Waals surface area contributed by atoms with Crippen molar-refractivity contribution in [1.82, 2.24) is 19.8 Å². The van der Waals surface area contributed by atoms with E-state index < -0.39 is 0 Å². The molecule has 3 heterocycles. The lowest BCUT2D eigenvalue weighted by Crippen LogP contribution is -2.42. The molecule has 2 aliphatic rings. The van der Waals surface area contributed by atoms with Gasteiger partial charge in [-0.25, -0.2) is 9.97 Å². The van der Waals surface area contributed by atoms with Crippen LogP contribution in [-0.2, 0) is 11.3 Å². The predicted octanol–water partition coefficient (Wildman–Crippen LogP) is 3.64. The van der Waals surface area contributed by atoms with Gasteiger partial charge in [-0.3, -0.25) is 9.69 Å². The van der Waals surface area contributed by atoms with Gasteiger partial charge < -0.3 is 9.64 Å². The molecule has 0 spiro atoms. The van der Waals surface area contributed by atoms with Crippen LogP contribution in [0.1, 0.15) is 52.7 Å². The number of ether oxygens (including phenoxy) is 1. The third-order valence-corrected chi connectivity index (χ3v) is 5.91. The van der Waals surface area contributed by atoms with Crippen molar-refractivity contribution in [3.63, 3.8) is 0 Å². The standard InChI is InChI=1S/C22H27ClN4O2/c1-16-24-14-19(22(28)26-9-11-29-12-10-26)21(25-16)20-7-2-3-8-27(20)15-17-5-4-6-18(23)13-17/h4-6,13-14,20H,2-3,7-12,15H2,1H3. The van der Waals surface area contributed by atoms with E-state index in [4.69, 9.17) is 21.3 Å². The van der Waals surface area contributed by atoms with E-state index in [9.17, 15) is 4.79 Å². The molecule has 2 fully saturated rings. The Kier molecular flexibility index (Phi) is 6.43. The summed E-state index contributed by atoms with van der Waals surface area (Å²) in [5.41, 5.74) is 2.66. The molecule has 2 aliphatic heterocycles. The number of carbonyl (C=O) groups is 1. The van der Waals surface area contributed by atoms with Crippen molar-refractivity contribution in [2.24, 2.45) is 0 Å². The second-order valence-corrected chi connectivity index (χ2v) is 8.17. The van der Waals surface area contributed by atoms with Crippen molar-refractivity contribution < 1.29 is 9.53 Å². The fourth-order valence-electron chi connectivity index (χ4n) is 4.20. The Bertz CT molecular complexity index is 870. The summed E-state index contributed by atoms with van der Waals surface area (Å²) in [6.07, 6.45) is 4.97. The number of aryl methyl sites for hydroxylation is 1. The molecule has 154 valence electrons. The lowest BCUT2D eigenvalue weighted by atomic mass is 9.95. The van der Waals surface area contributed by atoms with E-state index in [1.165, 1.54) is 5.56 Å².